The van der Waals surface area contributed by atoms with Crippen molar-refractivity contribution in [3.63, 3.8) is 0 Å². The van der Waals surface area contributed by atoms with Crippen molar-refractivity contribution < 1.29 is 0 Å². The molecule has 4 aromatic rings. The topological polar surface area (TPSA) is 72.3 Å². The van der Waals surface area contributed by atoms with E-state index in [-0.39, 0.29) is 0 Å². The van der Waals surface area contributed by atoms with Crippen LogP contribution in [0.3, 0.4) is 0 Å². The van der Waals surface area contributed by atoms with Crippen molar-refractivity contribution in [3.8, 4) is 11.6 Å². The zero-order chi connectivity index (χ0) is 15.6. The monoisotopic (exact) mass is 342 g/mol. The fraction of sp³-hybridized carbons (Fsp3) is 0.200. The molecule has 0 fully saturated rings. The Labute approximate surface area is 141 Å². The third-order valence-electron chi connectivity index (χ3n) is 3.38. The lowest BCUT2D eigenvalue weighted by Gasteiger charge is -2.04. The summed E-state index contributed by atoms with van der Waals surface area (Å²) in [5, 5.41) is 9.17. The Morgan fingerprint density at radius 3 is 3.00 bits per heavy atom. The standard InChI is InChI=1S/C15H14N6S2/c1-10-19-20-15(23-10)22-9-8-21-7-6-16-14(21)13-17-11-4-2-3-5-12(11)18-13/h2-7H,8-9H2,1H3,(H,17,18). The van der Waals surface area contributed by atoms with Crippen molar-refractivity contribution in [2.75, 3.05) is 5.75 Å². The molecule has 0 atom stereocenters. The van der Waals surface area contributed by atoms with Crippen molar-refractivity contribution in [2.24, 2.45) is 0 Å². The van der Waals surface area contributed by atoms with E-state index in [2.05, 4.69) is 29.7 Å². The van der Waals surface area contributed by atoms with Crippen LogP contribution in [0.5, 0.6) is 0 Å². The van der Waals surface area contributed by atoms with Gasteiger partial charge in [0, 0.05) is 24.7 Å². The highest BCUT2D eigenvalue weighted by Gasteiger charge is 2.11. The third-order valence-corrected chi connectivity index (χ3v) is 5.33. The molecular formula is C15H14N6S2. The van der Waals surface area contributed by atoms with Gasteiger partial charge < -0.3 is 9.55 Å². The van der Waals surface area contributed by atoms with Crippen LogP contribution < -0.4 is 0 Å². The Bertz CT molecular complexity index is 905. The Morgan fingerprint density at radius 2 is 2.17 bits per heavy atom. The van der Waals surface area contributed by atoms with E-state index in [0.717, 1.165) is 44.3 Å². The summed E-state index contributed by atoms with van der Waals surface area (Å²) in [4.78, 5) is 12.4. The number of imidazole rings is 2. The minimum atomic E-state index is 0.799. The molecule has 0 saturated heterocycles. The first-order valence-corrected chi connectivity index (χ1v) is 8.99. The number of aryl methyl sites for hydroxylation is 2. The van der Waals surface area contributed by atoms with Gasteiger partial charge in [-0.15, -0.1) is 10.2 Å². The smallest absolute Gasteiger partial charge is 0.176 e. The first-order valence-electron chi connectivity index (χ1n) is 7.19. The van der Waals surface area contributed by atoms with Gasteiger partial charge in [0.05, 0.1) is 11.0 Å². The average Bonchev–Trinajstić information content (AvgIpc) is 3.26. The number of nitrogens with zero attached hydrogens (tertiary/aromatic N) is 5. The number of para-hydroxylation sites is 2. The summed E-state index contributed by atoms with van der Waals surface area (Å²) in [6.45, 7) is 2.81. The molecule has 0 aliphatic rings. The van der Waals surface area contributed by atoms with Crippen LogP contribution in [0, 0.1) is 6.92 Å². The second-order valence-electron chi connectivity index (χ2n) is 4.98. The van der Waals surface area contributed by atoms with Crippen molar-refractivity contribution in [2.45, 2.75) is 17.8 Å². The Balaban J connectivity index is 1.51. The molecule has 0 aliphatic carbocycles. The minimum Gasteiger partial charge on any atom is -0.335 e. The number of rotatable bonds is 5. The van der Waals surface area contributed by atoms with Gasteiger partial charge in [0.15, 0.2) is 16.0 Å². The van der Waals surface area contributed by atoms with E-state index in [0.29, 0.717) is 0 Å². The molecule has 1 aromatic carbocycles. The molecule has 116 valence electrons. The fourth-order valence-corrected chi connectivity index (χ4v) is 4.16. The molecule has 0 spiro atoms. The predicted octanol–water partition coefficient (Wildman–Crippen LogP) is 3.38. The molecule has 0 unspecified atom stereocenters. The predicted molar refractivity (Wildman–Crippen MR) is 92.7 cm³/mol. The number of aromatic amines is 1. The summed E-state index contributed by atoms with van der Waals surface area (Å²) < 4.78 is 3.12. The largest absolute Gasteiger partial charge is 0.335 e. The molecule has 0 radical (unpaired) electrons. The molecule has 23 heavy (non-hydrogen) atoms. The van der Waals surface area contributed by atoms with Crippen LogP contribution in [-0.4, -0.2) is 35.5 Å². The average molecular weight is 342 g/mol. The number of hydrogen-bond donors (Lipinski definition) is 1. The van der Waals surface area contributed by atoms with Gasteiger partial charge in [-0.2, -0.15) is 0 Å². The first kappa shape index (κ1) is 14.4. The van der Waals surface area contributed by atoms with Crippen molar-refractivity contribution in [3.05, 3.63) is 41.7 Å². The summed E-state index contributed by atoms with van der Waals surface area (Å²) in [6, 6.07) is 8.00. The van der Waals surface area contributed by atoms with Crippen LogP contribution in [0.2, 0.25) is 0 Å². The highest BCUT2D eigenvalue weighted by Crippen LogP contribution is 2.23. The lowest BCUT2D eigenvalue weighted by molar-refractivity contribution is 0.774. The first-order chi connectivity index (χ1) is 11.3. The lowest BCUT2D eigenvalue weighted by Crippen LogP contribution is -2.02. The van der Waals surface area contributed by atoms with Gasteiger partial charge in [-0.25, -0.2) is 9.97 Å². The highest BCUT2D eigenvalue weighted by molar-refractivity contribution is 8.01. The molecule has 3 aromatic heterocycles. The lowest BCUT2D eigenvalue weighted by atomic mass is 10.3. The zero-order valence-corrected chi connectivity index (χ0v) is 14.1. The Hall–Kier alpha value is -2.19. The second kappa shape index (κ2) is 6.13. The molecule has 1 N–H and O–H groups in total. The second-order valence-corrected chi connectivity index (χ2v) is 7.51. The van der Waals surface area contributed by atoms with Gasteiger partial charge in [-0.3, -0.25) is 0 Å². The van der Waals surface area contributed by atoms with E-state index in [1.807, 2.05) is 43.6 Å². The molecule has 0 aliphatic heterocycles. The maximum Gasteiger partial charge on any atom is 0.176 e. The van der Waals surface area contributed by atoms with E-state index >= 15 is 0 Å². The van der Waals surface area contributed by atoms with Crippen LogP contribution in [0.1, 0.15) is 5.01 Å². The summed E-state index contributed by atoms with van der Waals surface area (Å²) in [6.07, 6.45) is 3.79. The number of thioether (sulfide) groups is 1. The van der Waals surface area contributed by atoms with Gasteiger partial charge >= 0.3 is 0 Å². The molecule has 0 saturated carbocycles. The summed E-state index contributed by atoms with van der Waals surface area (Å²) in [7, 11) is 0. The van der Waals surface area contributed by atoms with Crippen molar-refractivity contribution >= 4 is 34.1 Å². The number of H-pyrrole nitrogens is 1. The SMILES string of the molecule is Cc1nnc(SCCn2ccnc2-c2nc3ccccc3[nH]2)s1. The number of hydrogen-bond acceptors (Lipinski definition) is 6. The van der Waals surface area contributed by atoms with E-state index in [9.17, 15) is 0 Å². The molecule has 6 nitrogen and oxygen atoms in total. The van der Waals surface area contributed by atoms with Crippen LogP contribution in [-0.2, 0) is 6.54 Å². The normalized spacial score (nSPS) is 11.3. The number of fused-ring (bicyclic) bond motifs is 1. The molecular weight excluding hydrogens is 328 g/mol. The van der Waals surface area contributed by atoms with E-state index in [1.54, 1.807) is 23.1 Å². The van der Waals surface area contributed by atoms with Crippen molar-refractivity contribution in [1.29, 1.82) is 0 Å². The molecule has 0 amide bonds. The van der Waals surface area contributed by atoms with Gasteiger partial charge in [-0.1, -0.05) is 35.2 Å². The fourth-order valence-electron chi connectivity index (χ4n) is 2.33. The number of benzene rings is 1. The number of aromatic nitrogens is 6. The zero-order valence-electron chi connectivity index (χ0n) is 12.4. The summed E-state index contributed by atoms with van der Waals surface area (Å²) in [5.41, 5.74) is 1.98. The third kappa shape index (κ3) is 2.99. The summed E-state index contributed by atoms with van der Waals surface area (Å²) in [5.74, 6) is 2.57. The Morgan fingerprint density at radius 1 is 1.26 bits per heavy atom. The molecule has 4 rings (SSSR count). The molecule has 3 heterocycles. The summed E-state index contributed by atoms with van der Waals surface area (Å²) >= 11 is 3.34. The van der Waals surface area contributed by atoms with E-state index in [4.69, 9.17) is 0 Å². The number of nitrogens with one attached hydrogen (secondary N) is 1. The molecule has 8 heteroatoms. The maximum absolute atomic E-state index is 4.62. The van der Waals surface area contributed by atoms with Gasteiger partial charge in [0.1, 0.15) is 5.01 Å². The van der Waals surface area contributed by atoms with Gasteiger partial charge in [0.2, 0.25) is 0 Å². The van der Waals surface area contributed by atoms with Crippen molar-refractivity contribution in [1.82, 2.24) is 29.7 Å². The van der Waals surface area contributed by atoms with Crippen LogP contribution in [0.25, 0.3) is 22.7 Å². The van der Waals surface area contributed by atoms with Gasteiger partial charge in [-0.05, 0) is 19.1 Å². The van der Waals surface area contributed by atoms with Crippen LogP contribution in [0.15, 0.2) is 41.0 Å². The maximum atomic E-state index is 4.62. The van der Waals surface area contributed by atoms with E-state index in [1.165, 1.54) is 0 Å². The quantitative estimate of drug-likeness (QED) is 0.563. The van der Waals surface area contributed by atoms with Crippen LogP contribution in [0.4, 0.5) is 0 Å². The minimum absolute atomic E-state index is 0.799. The van der Waals surface area contributed by atoms with Crippen LogP contribution >= 0.6 is 23.1 Å². The van der Waals surface area contributed by atoms with Gasteiger partial charge in [0.25, 0.3) is 0 Å². The van der Waals surface area contributed by atoms with E-state index < -0.39 is 0 Å². The molecule has 0 bridgehead atoms. The Kier molecular flexibility index (Phi) is 3.84. The highest BCUT2D eigenvalue weighted by atomic mass is 32.2.